The van der Waals surface area contributed by atoms with Crippen LogP contribution < -0.4 is 5.32 Å². The maximum absolute atomic E-state index is 12.5. The first-order chi connectivity index (χ1) is 10.1. The van der Waals surface area contributed by atoms with Gasteiger partial charge in [0.25, 0.3) is 0 Å². The lowest BCUT2D eigenvalue weighted by Crippen LogP contribution is -2.38. The second-order valence-corrected chi connectivity index (χ2v) is 5.76. The Balaban J connectivity index is 2.21. The summed E-state index contributed by atoms with van der Waals surface area (Å²) in [5, 5.41) is 15.5. The lowest BCUT2D eigenvalue weighted by atomic mass is 9.98. The van der Waals surface area contributed by atoms with E-state index in [0.29, 0.717) is 29.8 Å². The molecule has 0 spiro atoms. The lowest BCUT2D eigenvalue weighted by molar-refractivity contribution is -0.143. The van der Waals surface area contributed by atoms with Crippen LogP contribution in [0.1, 0.15) is 42.6 Å². The first kappa shape index (κ1) is 16.3. The number of alkyl halides is 3. The summed E-state index contributed by atoms with van der Waals surface area (Å²) in [5.41, 5.74) is 0.399. The molecular weight excluding hydrogens is 297 g/mol. The number of hydrogen-bond donors (Lipinski definition) is 1. The maximum atomic E-state index is 12.5. The smallest absolute Gasteiger partial charge is 0.337 e. The van der Waals surface area contributed by atoms with Gasteiger partial charge in [-0.15, -0.1) is 0 Å². The third-order valence-electron chi connectivity index (χ3n) is 3.92. The molecular formula is C14H17F3N4O. The number of carbonyl (C=O) groups is 1. The van der Waals surface area contributed by atoms with Crippen LogP contribution in [0.4, 0.5) is 13.2 Å². The monoisotopic (exact) mass is 314 g/mol. The van der Waals surface area contributed by atoms with Crippen LogP contribution >= 0.6 is 0 Å². The van der Waals surface area contributed by atoms with Crippen LogP contribution in [-0.4, -0.2) is 27.4 Å². The van der Waals surface area contributed by atoms with E-state index in [9.17, 15) is 18.0 Å². The Labute approximate surface area is 126 Å². The fourth-order valence-electron chi connectivity index (χ4n) is 2.53. The number of carbonyl (C=O) groups excluding carboxylic acids is 1. The second-order valence-electron chi connectivity index (χ2n) is 5.76. The van der Waals surface area contributed by atoms with Gasteiger partial charge in [-0.2, -0.15) is 23.5 Å². The van der Waals surface area contributed by atoms with Crippen molar-refractivity contribution >= 4 is 5.91 Å². The van der Waals surface area contributed by atoms with Gasteiger partial charge in [-0.25, -0.2) is 0 Å². The van der Waals surface area contributed by atoms with Crippen LogP contribution in [-0.2, 0) is 11.3 Å². The second kappa shape index (κ2) is 5.30. The molecule has 1 aliphatic rings. The molecule has 1 saturated carbocycles. The number of nitriles is 1. The van der Waals surface area contributed by atoms with Gasteiger partial charge in [-0.1, -0.05) is 0 Å². The highest BCUT2D eigenvalue weighted by atomic mass is 19.4. The van der Waals surface area contributed by atoms with Crippen molar-refractivity contribution in [3.05, 3.63) is 17.0 Å². The van der Waals surface area contributed by atoms with Crippen molar-refractivity contribution < 1.29 is 18.0 Å². The lowest BCUT2D eigenvalue weighted by Gasteiger charge is -2.16. The fourth-order valence-corrected chi connectivity index (χ4v) is 2.53. The Kier molecular flexibility index (Phi) is 3.94. The molecule has 5 nitrogen and oxygen atoms in total. The topological polar surface area (TPSA) is 70.7 Å². The molecule has 2 rings (SSSR count). The largest absolute Gasteiger partial charge is 0.408 e. The van der Waals surface area contributed by atoms with Gasteiger partial charge in [0.1, 0.15) is 12.1 Å². The van der Waals surface area contributed by atoms with Gasteiger partial charge >= 0.3 is 6.18 Å². The van der Waals surface area contributed by atoms with E-state index >= 15 is 0 Å². The molecule has 0 unspecified atom stereocenters. The molecule has 0 aliphatic heterocycles. The van der Waals surface area contributed by atoms with Crippen molar-refractivity contribution in [1.82, 2.24) is 15.1 Å². The zero-order valence-corrected chi connectivity index (χ0v) is 12.6. The molecule has 1 aromatic heterocycles. The number of amides is 1. The highest BCUT2D eigenvalue weighted by Gasteiger charge is 2.45. The molecule has 1 heterocycles. The highest BCUT2D eigenvalue weighted by Crippen LogP contribution is 2.35. The third-order valence-corrected chi connectivity index (χ3v) is 3.92. The van der Waals surface area contributed by atoms with E-state index < -0.39 is 24.2 Å². The Hall–Kier alpha value is -2.04. The van der Waals surface area contributed by atoms with Crippen molar-refractivity contribution in [3.8, 4) is 6.07 Å². The molecule has 0 aromatic carbocycles. The first-order valence-corrected chi connectivity index (χ1v) is 6.92. The van der Waals surface area contributed by atoms with E-state index in [2.05, 4.69) is 16.5 Å². The van der Waals surface area contributed by atoms with Gasteiger partial charge in [0.2, 0.25) is 5.91 Å². The van der Waals surface area contributed by atoms with Crippen LogP contribution in [0, 0.1) is 25.2 Å². The summed E-state index contributed by atoms with van der Waals surface area (Å²) in [6.07, 6.45) is -3.16. The minimum absolute atomic E-state index is 0.319. The predicted molar refractivity (Wildman–Crippen MR) is 71.9 cm³/mol. The van der Waals surface area contributed by atoms with Crippen LogP contribution in [0.2, 0.25) is 0 Å². The van der Waals surface area contributed by atoms with Gasteiger partial charge in [-0.3, -0.25) is 9.48 Å². The third kappa shape index (κ3) is 3.24. The molecule has 1 fully saturated rings. The molecule has 1 atom stereocenters. The molecule has 0 radical (unpaired) electrons. The number of aryl methyl sites for hydroxylation is 1. The SMILES string of the molecule is Cc1nn(CC(F)(F)F)c(C)c1[C@H](C)C(=O)NC1(C#N)CC1. The Morgan fingerprint density at radius 2 is 2.09 bits per heavy atom. The number of nitrogens with zero attached hydrogens (tertiary/aromatic N) is 3. The van der Waals surface area contributed by atoms with Gasteiger partial charge in [0.15, 0.2) is 0 Å². The molecule has 22 heavy (non-hydrogen) atoms. The Morgan fingerprint density at radius 1 is 1.50 bits per heavy atom. The predicted octanol–water partition coefficient (Wildman–Crippen LogP) is 2.34. The van der Waals surface area contributed by atoms with Gasteiger partial charge in [0.05, 0.1) is 17.7 Å². The van der Waals surface area contributed by atoms with E-state index in [0.717, 1.165) is 4.68 Å². The van der Waals surface area contributed by atoms with E-state index in [1.165, 1.54) is 6.92 Å². The summed E-state index contributed by atoms with van der Waals surface area (Å²) >= 11 is 0. The van der Waals surface area contributed by atoms with Gasteiger partial charge in [-0.05, 0) is 33.6 Å². The summed E-state index contributed by atoms with van der Waals surface area (Å²) in [6, 6.07) is 2.05. The van der Waals surface area contributed by atoms with Crippen molar-refractivity contribution in [1.29, 1.82) is 5.26 Å². The normalized spacial score (nSPS) is 17.7. The Morgan fingerprint density at radius 3 is 2.55 bits per heavy atom. The summed E-state index contributed by atoms with van der Waals surface area (Å²) in [6.45, 7) is 3.52. The molecule has 1 amide bonds. The highest BCUT2D eigenvalue weighted by molar-refractivity contribution is 5.85. The molecule has 8 heteroatoms. The average molecular weight is 314 g/mol. The number of aromatic nitrogens is 2. The quantitative estimate of drug-likeness (QED) is 0.927. The van der Waals surface area contributed by atoms with Crippen molar-refractivity contribution in [2.45, 2.75) is 57.8 Å². The summed E-state index contributed by atoms with van der Waals surface area (Å²) in [5.74, 6) is -1.02. The van der Waals surface area contributed by atoms with Crippen molar-refractivity contribution in [3.63, 3.8) is 0 Å². The van der Waals surface area contributed by atoms with Gasteiger partial charge < -0.3 is 5.32 Å². The summed E-state index contributed by atoms with van der Waals surface area (Å²) in [4.78, 5) is 12.2. The van der Waals surface area contributed by atoms with E-state index in [1.807, 2.05) is 0 Å². The van der Waals surface area contributed by atoms with E-state index in [-0.39, 0.29) is 5.91 Å². The standard InChI is InChI=1S/C14H17F3N4O/c1-8(12(22)19-13(6-18)4-5-13)11-9(2)20-21(10(11)3)7-14(15,16)17/h8H,4-5,7H2,1-3H3,(H,19,22)/t8-/m0/s1. The van der Waals surface area contributed by atoms with Crippen LogP contribution in [0.3, 0.4) is 0 Å². The van der Waals surface area contributed by atoms with Crippen molar-refractivity contribution in [2.75, 3.05) is 0 Å². The number of halogens is 3. The summed E-state index contributed by atoms with van der Waals surface area (Å²) < 4.78 is 38.4. The molecule has 0 bridgehead atoms. The van der Waals surface area contributed by atoms with Gasteiger partial charge in [0, 0.05) is 11.3 Å². The van der Waals surface area contributed by atoms with Crippen LogP contribution in [0.5, 0.6) is 0 Å². The molecule has 0 saturated heterocycles. The number of rotatable bonds is 4. The number of nitrogens with one attached hydrogen (secondary N) is 1. The van der Waals surface area contributed by atoms with Crippen molar-refractivity contribution in [2.24, 2.45) is 0 Å². The molecule has 1 aromatic rings. The molecule has 1 aliphatic carbocycles. The Bertz CT molecular complexity index is 638. The maximum Gasteiger partial charge on any atom is 0.408 e. The van der Waals surface area contributed by atoms with Crippen LogP contribution in [0.25, 0.3) is 0 Å². The first-order valence-electron chi connectivity index (χ1n) is 6.92. The zero-order chi connectivity index (χ0) is 16.7. The minimum Gasteiger partial charge on any atom is -0.337 e. The zero-order valence-electron chi connectivity index (χ0n) is 12.6. The molecule has 1 N–H and O–H groups in total. The number of hydrogen-bond acceptors (Lipinski definition) is 3. The fraction of sp³-hybridized carbons (Fsp3) is 0.643. The van der Waals surface area contributed by atoms with Crippen LogP contribution in [0.15, 0.2) is 0 Å². The molecule has 120 valence electrons. The summed E-state index contributed by atoms with van der Waals surface area (Å²) in [7, 11) is 0. The van der Waals surface area contributed by atoms with E-state index in [1.54, 1.807) is 13.8 Å². The minimum atomic E-state index is -4.37. The van der Waals surface area contributed by atoms with E-state index in [4.69, 9.17) is 5.26 Å². The average Bonchev–Trinajstić information content (AvgIpc) is 3.10.